The molecule has 5 nitrogen and oxygen atoms in total. The molecule has 0 radical (unpaired) electrons. The smallest absolute Gasteiger partial charge is 0.373 e. The van der Waals surface area contributed by atoms with Crippen LogP contribution in [0.15, 0.2) is 0 Å². The van der Waals surface area contributed by atoms with Crippen molar-refractivity contribution in [3.63, 3.8) is 0 Å². The third-order valence-electron chi connectivity index (χ3n) is 1.99. The Morgan fingerprint density at radius 2 is 1.50 bits per heavy atom. The van der Waals surface area contributed by atoms with Crippen LogP contribution >= 0.6 is 0 Å². The van der Waals surface area contributed by atoms with Gasteiger partial charge in [-0.25, -0.2) is 0 Å². The normalized spacial score (nSPS) is 12.0. The van der Waals surface area contributed by atoms with Crippen LogP contribution in [0.2, 0.25) is 0 Å². The second kappa shape index (κ2) is 10.2. The first-order valence-electron chi connectivity index (χ1n) is 6.07. The third kappa shape index (κ3) is 6.57. The molecule has 0 rings (SSSR count). The topological polar surface area (TPSA) is 65.7 Å². The summed E-state index contributed by atoms with van der Waals surface area (Å²) in [5, 5.41) is 3.29. The summed E-state index contributed by atoms with van der Waals surface area (Å²) in [4.78, 5) is 0. The molecule has 0 aromatic carbocycles. The lowest BCUT2D eigenvalue weighted by Crippen LogP contribution is -2.54. The first-order chi connectivity index (χ1) is 7.74. The van der Waals surface area contributed by atoms with E-state index < -0.39 is 8.80 Å². The maximum absolute atomic E-state index is 5.69. The summed E-state index contributed by atoms with van der Waals surface area (Å²) in [7, 11) is -2.50. The van der Waals surface area contributed by atoms with E-state index in [9.17, 15) is 0 Å². The highest BCUT2D eigenvalue weighted by atomic mass is 28.4. The highest BCUT2D eigenvalue weighted by Gasteiger charge is 2.39. The summed E-state index contributed by atoms with van der Waals surface area (Å²) in [6, 6.07) is 0. The molecule has 0 aromatic heterocycles. The van der Waals surface area contributed by atoms with Crippen molar-refractivity contribution in [2.45, 2.75) is 27.2 Å². The van der Waals surface area contributed by atoms with Crippen LogP contribution < -0.4 is 11.1 Å². The molecule has 0 unspecified atom stereocenters. The maximum atomic E-state index is 5.69. The van der Waals surface area contributed by atoms with Crippen molar-refractivity contribution in [3.05, 3.63) is 0 Å². The fourth-order valence-corrected chi connectivity index (χ4v) is 3.77. The number of rotatable bonds is 11. The van der Waals surface area contributed by atoms with Crippen LogP contribution in [0.1, 0.15) is 27.2 Å². The highest BCUT2D eigenvalue weighted by molar-refractivity contribution is 6.60. The molecule has 0 spiro atoms. The zero-order valence-corrected chi connectivity index (χ0v) is 11.8. The molecule has 0 saturated carbocycles. The summed E-state index contributed by atoms with van der Waals surface area (Å²) >= 11 is 0. The van der Waals surface area contributed by atoms with Crippen LogP contribution in [-0.2, 0) is 13.3 Å². The molecule has 0 amide bonds. The van der Waals surface area contributed by atoms with Crippen LogP contribution in [0.25, 0.3) is 0 Å². The van der Waals surface area contributed by atoms with Gasteiger partial charge < -0.3 is 24.3 Å². The van der Waals surface area contributed by atoms with Crippen molar-refractivity contribution in [2.24, 2.45) is 5.73 Å². The Kier molecular flexibility index (Phi) is 10.2. The zero-order valence-electron chi connectivity index (χ0n) is 10.8. The number of nitrogens with two attached hydrogens (primary N) is 1. The molecule has 6 heteroatoms. The van der Waals surface area contributed by atoms with Crippen LogP contribution in [0.5, 0.6) is 0 Å². The number of hydrogen-bond donors (Lipinski definition) is 2. The maximum Gasteiger partial charge on any atom is 0.515 e. The van der Waals surface area contributed by atoms with Gasteiger partial charge in [-0.3, -0.25) is 0 Å². The summed E-state index contributed by atoms with van der Waals surface area (Å²) in [5.41, 5.74) is 5.43. The lowest BCUT2D eigenvalue weighted by Gasteiger charge is -2.28. The number of hydrogen-bond acceptors (Lipinski definition) is 5. The van der Waals surface area contributed by atoms with E-state index in [1.807, 2.05) is 20.8 Å². The van der Waals surface area contributed by atoms with Crippen LogP contribution in [0, 0.1) is 0 Å². The molecule has 0 atom stereocenters. The second-order valence-electron chi connectivity index (χ2n) is 3.30. The van der Waals surface area contributed by atoms with E-state index in [0.717, 1.165) is 13.0 Å². The fourth-order valence-electron chi connectivity index (χ4n) is 1.41. The van der Waals surface area contributed by atoms with E-state index in [-0.39, 0.29) is 0 Å². The van der Waals surface area contributed by atoms with E-state index in [1.54, 1.807) is 0 Å². The first-order valence-corrected chi connectivity index (χ1v) is 8.00. The van der Waals surface area contributed by atoms with Crippen LogP contribution in [0.3, 0.4) is 0 Å². The predicted molar refractivity (Wildman–Crippen MR) is 67.2 cm³/mol. The van der Waals surface area contributed by atoms with E-state index in [4.69, 9.17) is 19.0 Å². The third-order valence-corrected chi connectivity index (χ3v) is 4.86. The zero-order chi connectivity index (χ0) is 12.3. The SMILES string of the molecule is CCO[Si](CNCCCN)(OCC)OCC. The van der Waals surface area contributed by atoms with E-state index in [2.05, 4.69) is 5.32 Å². The lowest BCUT2D eigenvalue weighted by molar-refractivity contribution is 0.0701. The Bertz CT molecular complexity index is 144. The van der Waals surface area contributed by atoms with Gasteiger partial charge in [0.25, 0.3) is 0 Å². The van der Waals surface area contributed by atoms with Crippen molar-refractivity contribution < 1.29 is 13.3 Å². The van der Waals surface area contributed by atoms with Gasteiger partial charge in [0.15, 0.2) is 0 Å². The largest absolute Gasteiger partial charge is 0.515 e. The lowest BCUT2D eigenvalue weighted by atomic mass is 10.4. The fraction of sp³-hybridized carbons (Fsp3) is 1.00. The standard InChI is InChI=1S/C10H26N2O3Si/c1-4-13-16(14-5-2,15-6-3)10-12-9-7-8-11/h12H,4-11H2,1-3H3. The molecule has 0 fully saturated rings. The summed E-state index contributed by atoms with van der Waals surface area (Å²) in [5.74, 6) is 0. The van der Waals surface area contributed by atoms with Crippen molar-refractivity contribution in [3.8, 4) is 0 Å². The van der Waals surface area contributed by atoms with Crippen molar-refractivity contribution in [2.75, 3.05) is 39.1 Å². The Morgan fingerprint density at radius 1 is 1.00 bits per heavy atom. The Morgan fingerprint density at radius 3 is 1.88 bits per heavy atom. The Labute approximate surface area is 100 Å². The molecule has 0 aliphatic rings. The van der Waals surface area contributed by atoms with Gasteiger partial charge >= 0.3 is 8.80 Å². The van der Waals surface area contributed by atoms with Crippen molar-refractivity contribution in [1.29, 1.82) is 0 Å². The van der Waals surface area contributed by atoms with Gasteiger partial charge in [0.1, 0.15) is 0 Å². The second-order valence-corrected chi connectivity index (χ2v) is 5.89. The van der Waals surface area contributed by atoms with Crippen LogP contribution in [-0.4, -0.2) is 47.9 Å². The Balaban J connectivity index is 4.12. The van der Waals surface area contributed by atoms with E-state index in [1.165, 1.54) is 0 Å². The molecule has 0 aliphatic carbocycles. The van der Waals surface area contributed by atoms with Crippen molar-refractivity contribution >= 4 is 8.80 Å². The van der Waals surface area contributed by atoms with Gasteiger partial charge in [-0.15, -0.1) is 0 Å². The summed E-state index contributed by atoms with van der Waals surface area (Å²) in [6.45, 7) is 9.29. The quantitative estimate of drug-likeness (QED) is 0.413. The summed E-state index contributed by atoms with van der Waals surface area (Å²) in [6.07, 6.45) is 1.61. The Hall–Kier alpha value is 0.0169. The predicted octanol–water partition coefficient (Wildman–Crippen LogP) is 0.512. The molecule has 3 N–H and O–H groups in total. The molecule has 0 aromatic rings. The molecule has 98 valence electrons. The molecular weight excluding hydrogens is 224 g/mol. The molecule has 0 bridgehead atoms. The molecule has 16 heavy (non-hydrogen) atoms. The molecular formula is C10H26N2O3Si. The summed E-state index contributed by atoms with van der Waals surface area (Å²) < 4.78 is 17.1. The minimum Gasteiger partial charge on any atom is -0.373 e. The molecule has 0 saturated heterocycles. The van der Waals surface area contributed by atoms with Gasteiger partial charge in [0.05, 0.1) is 6.17 Å². The number of nitrogens with one attached hydrogen (secondary N) is 1. The van der Waals surface area contributed by atoms with Crippen LogP contribution in [0.4, 0.5) is 0 Å². The molecule has 0 heterocycles. The van der Waals surface area contributed by atoms with E-state index in [0.29, 0.717) is 32.5 Å². The van der Waals surface area contributed by atoms with Gasteiger partial charge in [-0.2, -0.15) is 0 Å². The van der Waals surface area contributed by atoms with Gasteiger partial charge in [-0.1, -0.05) is 0 Å². The average Bonchev–Trinajstić information content (AvgIpc) is 2.26. The minimum atomic E-state index is -2.50. The van der Waals surface area contributed by atoms with Gasteiger partial charge in [0.2, 0.25) is 0 Å². The van der Waals surface area contributed by atoms with Gasteiger partial charge in [-0.05, 0) is 40.3 Å². The minimum absolute atomic E-state index is 0.616. The first kappa shape index (κ1) is 16.0. The van der Waals surface area contributed by atoms with Gasteiger partial charge in [0, 0.05) is 19.8 Å². The average molecular weight is 250 g/mol. The molecule has 0 aliphatic heterocycles. The monoisotopic (exact) mass is 250 g/mol. The van der Waals surface area contributed by atoms with Crippen molar-refractivity contribution in [1.82, 2.24) is 5.32 Å². The highest BCUT2D eigenvalue weighted by Crippen LogP contribution is 2.08. The van der Waals surface area contributed by atoms with E-state index >= 15 is 0 Å².